The Morgan fingerprint density at radius 1 is 1.19 bits per heavy atom. The number of hydrogen-bond donors (Lipinski definition) is 2. The number of hydrogen-bond acceptors (Lipinski definition) is 7. The van der Waals surface area contributed by atoms with E-state index in [9.17, 15) is 13.2 Å². The quantitative estimate of drug-likeness (QED) is 0.512. The van der Waals surface area contributed by atoms with Gasteiger partial charge in [0.25, 0.3) is 0 Å². The standard InChI is InChI=1S/C22H24N4O4S2/c1-22(2,18-13-31-21(24-18)26-32(28,29)17-8-9-17)20(27)25-19-10-7-15(12-23-19)14-5-4-6-16(11-14)30-3/h4-7,10-13,17H,8-9H2,1-3H3,(H,24,26)(H,23,25,27). The normalized spacial score (nSPS) is 14.1. The second-order valence-electron chi connectivity index (χ2n) is 8.13. The number of thiazole rings is 1. The summed E-state index contributed by atoms with van der Waals surface area (Å²) in [7, 11) is -1.78. The van der Waals surface area contributed by atoms with E-state index in [4.69, 9.17) is 4.74 Å². The van der Waals surface area contributed by atoms with E-state index in [-0.39, 0.29) is 16.3 Å². The lowest BCUT2D eigenvalue weighted by atomic mass is 9.89. The van der Waals surface area contributed by atoms with E-state index >= 15 is 0 Å². The topological polar surface area (TPSA) is 110 Å². The number of nitrogens with one attached hydrogen (secondary N) is 2. The first-order chi connectivity index (χ1) is 15.2. The Balaban J connectivity index is 1.44. The first kappa shape index (κ1) is 22.2. The van der Waals surface area contributed by atoms with Crippen LogP contribution in [-0.4, -0.2) is 36.7 Å². The van der Waals surface area contributed by atoms with Gasteiger partial charge >= 0.3 is 0 Å². The molecule has 1 fully saturated rings. The molecule has 0 radical (unpaired) electrons. The van der Waals surface area contributed by atoms with Gasteiger partial charge in [0.15, 0.2) is 5.13 Å². The zero-order valence-corrected chi connectivity index (χ0v) is 19.6. The Morgan fingerprint density at radius 3 is 2.62 bits per heavy atom. The van der Waals surface area contributed by atoms with E-state index in [0.717, 1.165) is 16.9 Å². The van der Waals surface area contributed by atoms with Crippen LogP contribution in [0, 0.1) is 0 Å². The number of pyridine rings is 1. The Labute approximate surface area is 191 Å². The average Bonchev–Trinajstić information content (AvgIpc) is 3.54. The third-order valence-corrected chi connectivity index (χ3v) is 8.03. The molecule has 2 aromatic heterocycles. The molecular weight excluding hydrogens is 448 g/mol. The van der Waals surface area contributed by atoms with Gasteiger partial charge in [-0.15, -0.1) is 11.3 Å². The molecule has 0 aliphatic heterocycles. The lowest BCUT2D eigenvalue weighted by molar-refractivity contribution is -0.120. The molecule has 10 heteroatoms. The highest BCUT2D eigenvalue weighted by molar-refractivity contribution is 7.93. The minimum Gasteiger partial charge on any atom is -0.497 e. The van der Waals surface area contributed by atoms with E-state index in [0.29, 0.717) is 24.4 Å². The number of benzene rings is 1. The molecule has 2 heterocycles. The molecule has 0 spiro atoms. The third-order valence-electron chi connectivity index (χ3n) is 5.31. The van der Waals surface area contributed by atoms with Gasteiger partial charge in [0.2, 0.25) is 15.9 Å². The fourth-order valence-corrected chi connectivity index (χ4v) is 5.50. The SMILES string of the molecule is COc1cccc(-c2ccc(NC(=O)C(C)(C)c3csc(NS(=O)(=O)C4CC4)n3)nc2)c1. The van der Waals surface area contributed by atoms with Crippen LogP contribution in [0.5, 0.6) is 5.75 Å². The van der Waals surface area contributed by atoms with Gasteiger partial charge in [0.05, 0.1) is 23.5 Å². The highest BCUT2D eigenvalue weighted by Gasteiger charge is 2.37. The number of amides is 1. The predicted molar refractivity (Wildman–Crippen MR) is 126 cm³/mol. The summed E-state index contributed by atoms with van der Waals surface area (Å²) < 4.78 is 32.0. The number of ether oxygens (including phenoxy) is 1. The molecule has 0 atom stereocenters. The van der Waals surface area contributed by atoms with Crippen LogP contribution >= 0.6 is 11.3 Å². The summed E-state index contributed by atoms with van der Waals surface area (Å²) in [6.07, 6.45) is 3.03. The van der Waals surface area contributed by atoms with Gasteiger partial charge in [0, 0.05) is 17.1 Å². The lowest BCUT2D eigenvalue weighted by Crippen LogP contribution is -2.35. The van der Waals surface area contributed by atoms with Gasteiger partial charge in [-0.1, -0.05) is 12.1 Å². The van der Waals surface area contributed by atoms with Crippen LogP contribution in [0.2, 0.25) is 0 Å². The summed E-state index contributed by atoms with van der Waals surface area (Å²) >= 11 is 1.17. The zero-order chi connectivity index (χ0) is 22.9. The summed E-state index contributed by atoms with van der Waals surface area (Å²) in [4.78, 5) is 21.6. The Bertz CT molecular complexity index is 1230. The molecule has 2 N–H and O–H groups in total. The summed E-state index contributed by atoms with van der Waals surface area (Å²) in [5, 5.41) is 4.45. The highest BCUT2D eigenvalue weighted by atomic mass is 32.2. The lowest BCUT2D eigenvalue weighted by Gasteiger charge is -2.21. The molecule has 32 heavy (non-hydrogen) atoms. The minimum atomic E-state index is -3.39. The van der Waals surface area contributed by atoms with E-state index < -0.39 is 15.4 Å². The van der Waals surface area contributed by atoms with Crippen molar-refractivity contribution in [3.05, 3.63) is 53.7 Å². The molecule has 0 unspecified atom stereocenters. The van der Waals surface area contributed by atoms with E-state index in [1.807, 2.05) is 30.3 Å². The van der Waals surface area contributed by atoms with Crippen molar-refractivity contribution in [3.63, 3.8) is 0 Å². The third kappa shape index (κ3) is 4.76. The van der Waals surface area contributed by atoms with Gasteiger partial charge in [-0.2, -0.15) is 0 Å². The van der Waals surface area contributed by atoms with Gasteiger partial charge in [-0.3, -0.25) is 9.52 Å². The van der Waals surface area contributed by atoms with Crippen LogP contribution in [0.4, 0.5) is 10.9 Å². The van der Waals surface area contributed by atoms with Crippen molar-refractivity contribution in [2.75, 3.05) is 17.1 Å². The molecular formula is C22H24N4O4S2. The van der Waals surface area contributed by atoms with Crippen molar-refractivity contribution in [2.45, 2.75) is 37.4 Å². The second kappa shape index (κ2) is 8.51. The predicted octanol–water partition coefficient (Wildman–Crippen LogP) is 4.03. The zero-order valence-electron chi connectivity index (χ0n) is 18.0. The first-order valence-electron chi connectivity index (χ1n) is 10.1. The molecule has 1 aromatic carbocycles. The largest absolute Gasteiger partial charge is 0.497 e. The van der Waals surface area contributed by atoms with E-state index in [1.165, 1.54) is 11.3 Å². The van der Waals surface area contributed by atoms with Crippen molar-refractivity contribution in [1.82, 2.24) is 9.97 Å². The van der Waals surface area contributed by atoms with Crippen LogP contribution in [0.3, 0.4) is 0 Å². The molecule has 0 saturated heterocycles. The van der Waals surface area contributed by atoms with Crippen LogP contribution in [-0.2, 0) is 20.2 Å². The number of carbonyl (C=O) groups is 1. The Morgan fingerprint density at radius 2 is 1.97 bits per heavy atom. The fraction of sp³-hybridized carbons (Fsp3) is 0.318. The first-order valence-corrected chi connectivity index (χ1v) is 12.5. The van der Waals surface area contributed by atoms with Gasteiger partial charge in [-0.25, -0.2) is 18.4 Å². The number of methoxy groups -OCH3 is 1. The summed E-state index contributed by atoms with van der Waals surface area (Å²) in [5.41, 5.74) is 1.36. The van der Waals surface area contributed by atoms with Crippen molar-refractivity contribution in [2.24, 2.45) is 0 Å². The summed E-state index contributed by atoms with van der Waals surface area (Å²) in [6.45, 7) is 3.47. The second-order valence-corrected chi connectivity index (χ2v) is 10.9. The maximum Gasteiger partial charge on any atom is 0.237 e. The molecule has 168 valence electrons. The highest BCUT2D eigenvalue weighted by Crippen LogP contribution is 2.33. The Kier molecular flexibility index (Phi) is 5.91. The molecule has 4 rings (SSSR count). The van der Waals surface area contributed by atoms with Crippen molar-refractivity contribution >= 4 is 38.2 Å². The van der Waals surface area contributed by atoms with E-state index in [2.05, 4.69) is 20.0 Å². The number of rotatable bonds is 8. The average molecular weight is 473 g/mol. The molecule has 0 bridgehead atoms. The molecule has 1 saturated carbocycles. The summed E-state index contributed by atoms with van der Waals surface area (Å²) in [6, 6.07) is 11.2. The van der Waals surface area contributed by atoms with Gasteiger partial charge in [0.1, 0.15) is 11.6 Å². The number of sulfonamides is 1. The van der Waals surface area contributed by atoms with Gasteiger partial charge in [-0.05, 0) is 56.5 Å². The maximum atomic E-state index is 12.9. The van der Waals surface area contributed by atoms with Crippen LogP contribution in [0.25, 0.3) is 11.1 Å². The minimum absolute atomic E-state index is 0.272. The van der Waals surface area contributed by atoms with Crippen LogP contribution in [0.1, 0.15) is 32.4 Å². The number of nitrogens with zero attached hydrogens (tertiary/aromatic N) is 2. The fourth-order valence-electron chi connectivity index (χ4n) is 3.02. The number of aromatic nitrogens is 2. The summed E-state index contributed by atoms with van der Waals surface area (Å²) in [5.74, 6) is 0.879. The molecule has 1 aliphatic rings. The molecule has 8 nitrogen and oxygen atoms in total. The van der Waals surface area contributed by atoms with Crippen molar-refractivity contribution in [3.8, 4) is 16.9 Å². The number of carbonyl (C=O) groups excluding carboxylic acids is 1. The van der Waals surface area contributed by atoms with E-state index in [1.54, 1.807) is 38.6 Å². The van der Waals surface area contributed by atoms with Crippen LogP contribution < -0.4 is 14.8 Å². The molecule has 3 aromatic rings. The smallest absolute Gasteiger partial charge is 0.237 e. The van der Waals surface area contributed by atoms with Gasteiger partial charge < -0.3 is 10.1 Å². The van der Waals surface area contributed by atoms with Crippen molar-refractivity contribution in [1.29, 1.82) is 0 Å². The Hall–Kier alpha value is -2.98. The monoisotopic (exact) mass is 472 g/mol. The maximum absolute atomic E-state index is 12.9. The van der Waals surface area contributed by atoms with Crippen molar-refractivity contribution < 1.29 is 17.9 Å². The molecule has 1 aliphatic carbocycles. The van der Waals surface area contributed by atoms with Crippen LogP contribution in [0.15, 0.2) is 48.0 Å². The number of anilines is 2. The molecule has 1 amide bonds.